The predicted molar refractivity (Wildman–Crippen MR) is 80.4 cm³/mol. The predicted octanol–water partition coefficient (Wildman–Crippen LogP) is 1.22. The van der Waals surface area contributed by atoms with Crippen LogP contribution < -0.4 is 5.32 Å². The van der Waals surface area contributed by atoms with Crippen molar-refractivity contribution in [2.75, 3.05) is 27.2 Å². The molecule has 0 radical (unpaired) electrons. The van der Waals surface area contributed by atoms with Gasteiger partial charge in [0.05, 0.1) is 17.5 Å². The van der Waals surface area contributed by atoms with Gasteiger partial charge in [-0.2, -0.15) is 5.10 Å². The van der Waals surface area contributed by atoms with Gasteiger partial charge in [-0.1, -0.05) is 0 Å². The molecule has 2 aromatic heterocycles. The Balaban J connectivity index is 2.23. The van der Waals surface area contributed by atoms with E-state index in [2.05, 4.69) is 10.4 Å². The minimum Gasteiger partial charge on any atom is -0.394 e. The van der Waals surface area contributed by atoms with Crippen LogP contribution in [0.25, 0.3) is 10.2 Å². The van der Waals surface area contributed by atoms with Gasteiger partial charge in [-0.15, -0.1) is 11.3 Å². The van der Waals surface area contributed by atoms with Crippen molar-refractivity contribution in [2.24, 2.45) is 7.05 Å². The standard InChI is InChI=1S/C13H18F2N4O2S/c1-18(2)5-7(6-20)16-12(21)9-4-8-10(11(14)15)17-19(3)13(8)22-9/h4,7,11,20H,5-6H2,1-3H3,(H,16,21)/t7-/m0/s1. The number of carbonyl (C=O) groups excluding carboxylic acids is 1. The van der Waals surface area contributed by atoms with Gasteiger partial charge in [-0.05, 0) is 20.2 Å². The molecule has 0 spiro atoms. The van der Waals surface area contributed by atoms with Crippen LogP contribution in [-0.2, 0) is 7.05 Å². The van der Waals surface area contributed by atoms with Crippen molar-refractivity contribution in [3.05, 3.63) is 16.6 Å². The molecule has 0 saturated heterocycles. The molecular formula is C13H18F2N4O2S. The minimum absolute atomic E-state index is 0.196. The normalized spacial score (nSPS) is 13.3. The summed E-state index contributed by atoms with van der Waals surface area (Å²) in [6.07, 6.45) is -2.69. The smallest absolute Gasteiger partial charge is 0.282 e. The number of likely N-dealkylation sites (N-methyl/N-ethyl adjacent to an activating group) is 1. The van der Waals surface area contributed by atoms with Crippen LogP contribution in [0.2, 0.25) is 0 Å². The highest BCUT2D eigenvalue weighted by Gasteiger charge is 2.23. The number of aromatic nitrogens is 2. The molecule has 2 aromatic rings. The Hall–Kier alpha value is -1.58. The highest BCUT2D eigenvalue weighted by atomic mass is 32.1. The Morgan fingerprint density at radius 1 is 1.55 bits per heavy atom. The van der Waals surface area contributed by atoms with Crippen molar-refractivity contribution in [1.82, 2.24) is 20.0 Å². The van der Waals surface area contributed by atoms with Gasteiger partial charge in [0.2, 0.25) is 0 Å². The number of rotatable bonds is 6. The molecule has 2 N–H and O–H groups in total. The zero-order chi connectivity index (χ0) is 16.4. The van der Waals surface area contributed by atoms with E-state index in [0.717, 1.165) is 11.3 Å². The van der Waals surface area contributed by atoms with Crippen LogP contribution >= 0.6 is 11.3 Å². The van der Waals surface area contributed by atoms with Crippen LogP contribution in [0.4, 0.5) is 8.78 Å². The van der Waals surface area contributed by atoms with Crippen LogP contribution in [0.3, 0.4) is 0 Å². The van der Waals surface area contributed by atoms with Gasteiger partial charge < -0.3 is 15.3 Å². The van der Waals surface area contributed by atoms with Gasteiger partial charge in [0.25, 0.3) is 12.3 Å². The Labute approximate surface area is 130 Å². The van der Waals surface area contributed by atoms with E-state index in [4.69, 9.17) is 0 Å². The summed E-state index contributed by atoms with van der Waals surface area (Å²) in [5, 5.41) is 16.0. The first kappa shape index (κ1) is 16.8. The molecule has 0 saturated carbocycles. The lowest BCUT2D eigenvalue weighted by molar-refractivity contribution is 0.0909. The van der Waals surface area contributed by atoms with Gasteiger partial charge in [-0.3, -0.25) is 9.48 Å². The fraction of sp³-hybridized carbons (Fsp3) is 0.538. The zero-order valence-corrected chi connectivity index (χ0v) is 13.3. The molecule has 122 valence electrons. The third-order valence-electron chi connectivity index (χ3n) is 3.11. The van der Waals surface area contributed by atoms with Crippen molar-refractivity contribution >= 4 is 27.5 Å². The first-order valence-electron chi connectivity index (χ1n) is 6.64. The van der Waals surface area contributed by atoms with Crippen LogP contribution in [0, 0.1) is 0 Å². The molecule has 0 aliphatic heterocycles. The monoisotopic (exact) mass is 332 g/mol. The maximum Gasteiger partial charge on any atom is 0.282 e. The SMILES string of the molecule is CN(C)C[C@@H](CO)NC(=O)c1cc2c(C(F)F)nn(C)c2s1. The number of aryl methyl sites for hydroxylation is 1. The number of fused-ring (bicyclic) bond motifs is 1. The van der Waals surface area contributed by atoms with Gasteiger partial charge in [0.1, 0.15) is 10.5 Å². The summed E-state index contributed by atoms with van der Waals surface area (Å²) < 4.78 is 27.2. The Kier molecular flexibility index (Phi) is 5.09. The second-order valence-corrected chi connectivity index (χ2v) is 6.28. The molecule has 0 fully saturated rings. The van der Waals surface area contributed by atoms with E-state index in [0.29, 0.717) is 21.6 Å². The first-order valence-corrected chi connectivity index (χ1v) is 7.46. The lowest BCUT2D eigenvalue weighted by Gasteiger charge is -2.19. The summed E-state index contributed by atoms with van der Waals surface area (Å²) in [5.74, 6) is -0.387. The van der Waals surface area contributed by atoms with E-state index in [9.17, 15) is 18.7 Å². The molecule has 2 heterocycles. The molecule has 0 unspecified atom stereocenters. The average Bonchev–Trinajstić information content (AvgIpc) is 2.98. The van der Waals surface area contributed by atoms with Crippen LogP contribution in [0.15, 0.2) is 6.07 Å². The van der Waals surface area contributed by atoms with E-state index in [1.165, 1.54) is 10.7 Å². The van der Waals surface area contributed by atoms with E-state index in [1.54, 1.807) is 7.05 Å². The quantitative estimate of drug-likeness (QED) is 0.835. The summed E-state index contributed by atoms with van der Waals surface area (Å²) in [6.45, 7) is 0.287. The number of nitrogens with zero attached hydrogens (tertiary/aromatic N) is 3. The highest BCUT2D eigenvalue weighted by molar-refractivity contribution is 7.20. The Bertz CT molecular complexity index is 668. The van der Waals surface area contributed by atoms with Crippen LogP contribution in [0.5, 0.6) is 0 Å². The molecule has 0 aliphatic rings. The second-order valence-electron chi connectivity index (χ2n) is 5.25. The number of hydrogen-bond donors (Lipinski definition) is 2. The van der Waals surface area contributed by atoms with Gasteiger partial charge in [0.15, 0.2) is 0 Å². The summed E-state index contributed by atoms with van der Waals surface area (Å²) in [6, 6.07) is 1.01. The number of aliphatic hydroxyl groups is 1. The number of alkyl halides is 2. The molecule has 1 amide bonds. The summed E-state index contributed by atoms with van der Waals surface area (Å²) in [7, 11) is 5.22. The van der Waals surface area contributed by atoms with E-state index >= 15 is 0 Å². The number of halogens is 2. The third-order valence-corrected chi connectivity index (χ3v) is 4.31. The summed E-state index contributed by atoms with van der Waals surface area (Å²) in [5.41, 5.74) is -0.320. The number of amides is 1. The molecule has 9 heteroatoms. The molecule has 0 aliphatic carbocycles. The molecule has 0 aromatic carbocycles. The molecule has 6 nitrogen and oxygen atoms in total. The second kappa shape index (κ2) is 6.67. The average molecular weight is 332 g/mol. The third kappa shape index (κ3) is 3.42. The van der Waals surface area contributed by atoms with Gasteiger partial charge in [0, 0.05) is 19.0 Å². The van der Waals surface area contributed by atoms with Crippen molar-refractivity contribution in [2.45, 2.75) is 12.5 Å². The number of thiophene rings is 1. The number of nitrogens with one attached hydrogen (secondary N) is 1. The number of carbonyl (C=O) groups is 1. The lowest BCUT2D eigenvalue weighted by Crippen LogP contribution is -2.43. The molecule has 0 bridgehead atoms. The van der Waals surface area contributed by atoms with Crippen molar-refractivity contribution in [3.63, 3.8) is 0 Å². The molecular weight excluding hydrogens is 314 g/mol. The van der Waals surface area contributed by atoms with Gasteiger partial charge >= 0.3 is 0 Å². The van der Waals surface area contributed by atoms with E-state index < -0.39 is 12.5 Å². The van der Waals surface area contributed by atoms with Crippen molar-refractivity contribution < 1.29 is 18.7 Å². The van der Waals surface area contributed by atoms with Crippen molar-refractivity contribution in [3.8, 4) is 0 Å². The minimum atomic E-state index is -2.69. The van der Waals surface area contributed by atoms with E-state index in [1.807, 2.05) is 19.0 Å². The van der Waals surface area contributed by atoms with Crippen LogP contribution in [-0.4, -0.2) is 59.0 Å². The number of hydrogen-bond acceptors (Lipinski definition) is 5. The fourth-order valence-electron chi connectivity index (χ4n) is 2.19. The van der Waals surface area contributed by atoms with Crippen LogP contribution in [0.1, 0.15) is 21.8 Å². The first-order chi connectivity index (χ1) is 10.3. The van der Waals surface area contributed by atoms with Crippen molar-refractivity contribution in [1.29, 1.82) is 0 Å². The highest BCUT2D eigenvalue weighted by Crippen LogP contribution is 2.32. The zero-order valence-electron chi connectivity index (χ0n) is 12.5. The van der Waals surface area contributed by atoms with E-state index in [-0.39, 0.29) is 18.2 Å². The summed E-state index contributed by atoms with van der Waals surface area (Å²) >= 11 is 1.10. The largest absolute Gasteiger partial charge is 0.394 e. The maximum atomic E-state index is 12.9. The van der Waals surface area contributed by atoms with Gasteiger partial charge in [-0.25, -0.2) is 8.78 Å². The topological polar surface area (TPSA) is 70.4 Å². The maximum absolute atomic E-state index is 12.9. The molecule has 1 atom stereocenters. The molecule has 2 rings (SSSR count). The lowest BCUT2D eigenvalue weighted by atomic mass is 10.2. The molecule has 22 heavy (non-hydrogen) atoms. The fourth-order valence-corrected chi connectivity index (χ4v) is 3.17. The summed E-state index contributed by atoms with van der Waals surface area (Å²) in [4.78, 5) is 14.9. The number of aliphatic hydroxyl groups excluding tert-OH is 1. The Morgan fingerprint density at radius 3 is 2.77 bits per heavy atom. The Morgan fingerprint density at radius 2 is 2.23 bits per heavy atom.